The maximum Gasteiger partial charge on any atom is 0.226 e. The molecule has 1 aliphatic carbocycles. The van der Waals surface area contributed by atoms with Crippen molar-refractivity contribution in [3.05, 3.63) is 10.6 Å². The molecule has 1 aromatic rings. The Balaban J connectivity index is 1.55. The Labute approximate surface area is 117 Å². The molecule has 2 aliphatic rings. The number of hydrogen-bond donors (Lipinski definition) is 1. The van der Waals surface area contributed by atoms with E-state index >= 15 is 0 Å². The molecule has 4 nitrogen and oxygen atoms in total. The number of carbonyl (C=O) groups is 1. The van der Waals surface area contributed by atoms with E-state index in [0.717, 1.165) is 23.9 Å². The lowest BCUT2D eigenvalue weighted by molar-refractivity contribution is -0.117. The number of anilines is 1. The minimum atomic E-state index is 0.124. The molecule has 5 heteroatoms. The van der Waals surface area contributed by atoms with E-state index in [1.54, 1.807) is 11.3 Å². The number of rotatable bonds is 3. The van der Waals surface area contributed by atoms with Crippen molar-refractivity contribution in [2.24, 2.45) is 5.92 Å². The fraction of sp³-hybridized carbons (Fsp3) is 0.714. The zero-order chi connectivity index (χ0) is 13.1. The SMILES string of the molecule is O=C(CC1CCCCC1)Nc1nc2c(s1)COCC2. The molecule has 19 heavy (non-hydrogen) atoms. The summed E-state index contributed by atoms with van der Waals surface area (Å²) >= 11 is 1.56. The lowest BCUT2D eigenvalue weighted by atomic mass is 9.87. The molecule has 1 aliphatic heterocycles. The van der Waals surface area contributed by atoms with Gasteiger partial charge in [0.15, 0.2) is 5.13 Å². The van der Waals surface area contributed by atoms with E-state index in [4.69, 9.17) is 4.74 Å². The van der Waals surface area contributed by atoms with E-state index in [1.165, 1.54) is 37.0 Å². The standard InChI is InChI=1S/C14H20N2O2S/c17-13(8-10-4-2-1-3-5-10)16-14-15-11-6-7-18-9-12(11)19-14/h10H,1-9H2,(H,15,16,17). The molecule has 0 saturated heterocycles. The zero-order valence-corrected chi connectivity index (χ0v) is 11.9. The van der Waals surface area contributed by atoms with Gasteiger partial charge in [0.25, 0.3) is 0 Å². The Kier molecular flexibility index (Phi) is 4.13. The first-order valence-corrected chi connectivity index (χ1v) is 7.99. The highest BCUT2D eigenvalue weighted by molar-refractivity contribution is 7.15. The summed E-state index contributed by atoms with van der Waals surface area (Å²) in [5.74, 6) is 0.700. The number of thiazole rings is 1. The van der Waals surface area contributed by atoms with E-state index in [0.29, 0.717) is 18.9 Å². The van der Waals surface area contributed by atoms with Crippen LogP contribution >= 0.6 is 11.3 Å². The first kappa shape index (κ1) is 13.1. The maximum absolute atomic E-state index is 12.0. The number of amides is 1. The predicted octanol–water partition coefficient (Wildman–Crippen LogP) is 3.12. The van der Waals surface area contributed by atoms with Gasteiger partial charge in [-0.2, -0.15) is 0 Å². The third-order valence-corrected chi connectivity index (χ3v) is 4.93. The van der Waals surface area contributed by atoms with Crippen molar-refractivity contribution < 1.29 is 9.53 Å². The molecule has 1 saturated carbocycles. The number of aromatic nitrogens is 1. The van der Waals surface area contributed by atoms with Crippen LogP contribution in [0.3, 0.4) is 0 Å². The van der Waals surface area contributed by atoms with Crippen molar-refractivity contribution in [3.8, 4) is 0 Å². The van der Waals surface area contributed by atoms with Gasteiger partial charge in [-0.05, 0) is 18.8 Å². The summed E-state index contributed by atoms with van der Waals surface area (Å²) in [6, 6.07) is 0. The summed E-state index contributed by atoms with van der Waals surface area (Å²) in [5.41, 5.74) is 1.10. The molecule has 3 rings (SSSR count). The zero-order valence-electron chi connectivity index (χ0n) is 11.1. The van der Waals surface area contributed by atoms with Crippen molar-refractivity contribution in [2.45, 2.75) is 51.6 Å². The van der Waals surface area contributed by atoms with Gasteiger partial charge in [-0.25, -0.2) is 4.98 Å². The summed E-state index contributed by atoms with van der Waals surface area (Å²) in [6.07, 6.45) is 7.81. The van der Waals surface area contributed by atoms with Gasteiger partial charge in [-0.1, -0.05) is 30.6 Å². The van der Waals surface area contributed by atoms with Crippen LogP contribution in [0.1, 0.15) is 49.1 Å². The fourth-order valence-corrected chi connectivity index (χ4v) is 3.86. The molecule has 2 heterocycles. The molecule has 0 unspecified atom stereocenters. The van der Waals surface area contributed by atoms with Gasteiger partial charge in [-0.3, -0.25) is 4.79 Å². The van der Waals surface area contributed by atoms with Crippen molar-refractivity contribution in [1.29, 1.82) is 0 Å². The minimum absolute atomic E-state index is 0.124. The van der Waals surface area contributed by atoms with E-state index in [9.17, 15) is 4.79 Å². The molecule has 104 valence electrons. The van der Waals surface area contributed by atoms with Crippen LogP contribution in [0.15, 0.2) is 0 Å². The molecule has 1 amide bonds. The minimum Gasteiger partial charge on any atom is -0.375 e. The molecule has 0 spiro atoms. The number of ether oxygens (including phenoxy) is 1. The normalized spacial score (nSPS) is 20.0. The molecule has 1 fully saturated rings. The molecule has 0 bridgehead atoms. The average Bonchev–Trinajstić information content (AvgIpc) is 2.81. The van der Waals surface area contributed by atoms with Crippen molar-refractivity contribution >= 4 is 22.4 Å². The Morgan fingerprint density at radius 3 is 3.00 bits per heavy atom. The van der Waals surface area contributed by atoms with Gasteiger partial charge in [0.2, 0.25) is 5.91 Å². The molecule has 0 radical (unpaired) electrons. The monoisotopic (exact) mass is 280 g/mol. The second-order valence-corrected chi connectivity index (χ2v) is 6.53. The number of nitrogens with zero attached hydrogens (tertiary/aromatic N) is 1. The van der Waals surface area contributed by atoms with Crippen LogP contribution in [-0.2, 0) is 22.6 Å². The van der Waals surface area contributed by atoms with Crippen LogP contribution in [0.5, 0.6) is 0 Å². The highest BCUT2D eigenvalue weighted by Gasteiger charge is 2.19. The third kappa shape index (κ3) is 3.34. The summed E-state index contributed by atoms with van der Waals surface area (Å²) in [6.45, 7) is 1.39. The Morgan fingerprint density at radius 1 is 1.37 bits per heavy atom. The third-order valence-electron chi connectivity index (χ3n) is 3.94. The van der Waals surface area contributed by atoms with Crippen LogP contribution in [0, 0.1) is 5.92 Å². The Hall–Kier alpha value is -0.940. The largest absolute Gasteiger partial charge is 0.375 e. The molecular formula is C14H20N2O2S. The van der Waals surface area contributed by atoms with Crippen LogP contribution < -0.4 is 5.32 Å². The highest BCUT2D eigenvalue weighted by Crippen LogP contribution is 2.29. The van der Waals surface area contributed by atoms with Gasteiger partial charge >= 0.3 is 0 Å². The van der Waals surface area contributed by atoms with Crippen LogP contribution in [0.4, 0.5) is 5.13 Å². The van der Waals surface area contributed by atoms with Gasteiger partial charge < -0.3 is 10.1 Å². The summed E-state index contributed by atoms with van der Waals surface area (Å²) < 4.78 is 5.39. The van der Waals surface area contributed by atoms with Crippen LogP contribution in [0.2, 0.25) is 0 Å². The smallest absolute Gasteiger partial charge is 0.226 e. The van der Waals surface area contributed by atoms with E-state index in [2.05, 4.69) is 10.3 Å². The van der Waals surface area contributed by atoms with Crippen molar-refractivity contribution in [2.75, 3.05) is 11.9 Å². The van der Waals surface area contributed by atoms with Gasteiger partial charge in [0.1, 0.15) is 0 Å². The van der Waals surface area contributed by atoms with Gasteiger partial charge in [0.05, 0.1) is 23.8 Å². The van der Waals surface area contributed by atoms with Crippen LogP contribution in [-0.4, -0.2) is 17.5 Å². The number of hydrogen-bond acceptors (Lipinski definition) is 4. The molecule has 1 N–H and O–H groups in total. The second-order valence-electron chi connectivity index (χ2n) is 5.45. The van der Waals surface area contributed by atoms with Gasteiger partial charge in [-0.15, -0.1) is 0 Å². The Morgan fingerprint density at radius 2 is 2.21 bits per heavy atom. The lowest BCUT2D eigenvalue weighted by Crippen LogP contribution is -2.18. The van der Waals surface area contributed by atoms with E-state index < -0.39 is 0 Å². The quantitative estimate of drug-likeness (QED) is 0.925. The first-order chi connectivity index (χ1) is 9.31. The summed E-state index contributed by atoms with van der Waals surface area (Å²) in [7, 11) is 0. The first-order valence-electron chi connectivity index (χ1n) is 7.17. The van der Waals surface area contributed by atoms with Gasteiger partial charge in [0, 0.05) is 12.8 Å². The van der Waals surface area contributed by atoms with Crippen molar-refractivity contribution in [3.63, 3.8) is 0 Å². The number of fused-ring (bicyclic) bond motifs is 1. The number of nitrogens with one attached hydrogen (secondary N) is 1. The fourth-order valence-electron chi connectivity index (χ4n) is 2.90. The maximum atomic E-state index is 12.0. The molecule has 0 aromatic carbocycles. The van der Waals surface area contributed by atoms with E-state index in [1.807, 2.05) is 0 Å². The second kappa shape index (κ2) is 6.01. The predicted molar refractivity (Wildman–Crippen MR) is 75.3 cm³/mol. The lowest BCUT2D eigenvalue weighted by Gasteiger charge is -2.20. The topological polar surface area (TPSA) is 51.2 Å². The summed E-state index contributed by atoms with van der Waals surface area (Å²) in [4.78, 5) is 17.7. The van der Waals surface area contributed by atoms with Crippen molar-refractivity contribution in [1.82, 2.24) is 4.98 Å². The highest BCUT2D eigenvalue weighted by atomic mass is 32.1. The molecule has 0 atom stereocenters. The van der Waals surface area contributed by atoms with Crippen LogP contribution in [0.25, 0.3) is 0 Å². The van der Waals surface area contributed by atoms with E-state index in [-0.39, 0.29) is 5.91 Å². The average molecular weight is 280 g/mol. The summed E-state index contributed by atoms with van der Waals surface area (Å²) in [5, 5.41) is 3.71. The molecule has 1 aromatic heterocycles. The Bertz CT molecular complexity index is 429. The molecular weight excluding hydrogens is 260 g/mol. The number of carbonyl (C=O) groups excluding carboxylic acids is 1.